The van der Waals surface area contributed by atoms with Crippen LogP contribution in [0.25, 0.3) is 0 Å². The van der Waals surface area contributed by atoms with Gasteiger partial charge in [-0.3, -0.25) is 9.59 Å². The zero-order valence-electron chi connectivity index (χ0n) is 14.7. The van der Waals surface area contributed by atoms with E-state index in [1.54, 1.807) is 18.2 Å². The van der Waals surface area contributed by atoms with E-state index in [2.05, 4.69) is 10.2 Å². The molecule has 1 aromatic heterocycles. The highest BCUT2D eigenvalue weighted by Gasteiger charge is 2.43. The number of carbonyl (C=O) groups is 2. The highest BCUT2D eigenvalue weighted by atomic mass is 32.2. The molecule has 1 fully saturated rings. The van der Waals surface area contributed by atoms with Crippen molar-refractivity contribution in [3.63, 3.8) is 0 Å². The van der Waals surface area contributed by atoms with Crippen molar-refractivity contribution in [1.82, 2.24) is 15.1 Å². The van der Waals surface area contributed by atoms with E-state index in [0.29, 0.717) is 23.5 Å². The van der Waals surface area contributed by atoms with Crippen molar-refractivity contribution in [3.05, 3.63) is 39.9 Å². The Kier molecular flexibility index (Phi) is 5.17. The van der Waals surface area contributed by atoms with E-state index in [1.165, 1.54) is 23.1 Å². The van der Waals surface area contributed by atoms with Crippen LogP contribution in [0.4, 0.5) is 13.2 Å². The van der Waals surface area contributed by atoms with Crippen molar-refractivity contribution in [1.29, 1.82) is 0 Å². The van der Waals surface area contributed by atoms with Crippen molar-refractivity contribution in [2.45, 2.75) is 42.2 Å². The summed E-state index contributed by atoms with van der Waals surface area (Å²) < 4.78 is 38.6. The van der Waals surface area contributed by atoms with Gasteiger partial charge in [0.15, 0.2) is 10.1 Å². The highest BCUT2D eigenvalue weighted by Crippen LogP contribution is 2.42. The minimum absolute atomic E-state index is 0.00747. The topological polar surface area (TPSA) is 63.2 Å². The van der Waals surface area contributed by atoms with Gasteiger partial charge in [0.05, 0.1) is 5.75 Å². The SMILES string of the molecule is O=C(CSc1nnc(C2CC2)s1)c1ccc2c(c1)CCN(C(=O)C(F)(F)F)C2. The third-order valence-corrected chi connectivity index (χ3v) is 6.96. The summed E-state index contributed by atoms with van der Waals surface area (Å²) >= 11 is 2.88. The Bertz CT molecular complexity index is 925. The molecule has 5 nitrogen and oxygen atoms in total. The van der Waals surface area contributed by atoms with Gasteiger partial charge in [0.2, 0.25) is 0 Å². The first-order valence-corrected chi connectivity index (χ1v) is 10.6. The number of rotatable bonds is 5. The van der Waals surface area contributed by atoms with Gasteiger partial charge in [0.1, 0.15) is 5.01 Å². The Labute approximate surface area is 167 Å². The number of aromatic nitrogens is 2. The highest BCUT2D eigenvalue weighted by molar-refractivity contribution is 8.01. The zero-order chi connectivity index (χ0) is 19.9. The van der Waals surface area contributed by atoms with Crippen LogP contribution in [-0.4, -0.2) is 45.3 Å². The Morgan fingerprint density at radius 2 is 2.00 bits per heavy atom. The third kappa shape index (κ3) is 4.22. The van der Waals surface area contributed by atoms with Crippen LogP contribution in [0, 0.1) is 0 Å². The van der Waals surface area contributed by atoms with Gasteiger partial charge < -0.3 is 4.90 Å². The van der Waals surface area contributed by atoms with Gasteiger partial charge in [0, 0.05) is 24.6 Å². The Morgan fingerprint density at radius 1 is 1.21 bits per heavy atom. The largest absolute Gasteiger partial charge is 0.471 e. The van der Waals surface area contributed by atoms with Crippen LogP contribution in [0.5, 0.6) is 0 Å². The second kappa shape index (κ2) is 7.47. The van der Waals surface area contributed by atoms with Crippen molar-refractivity contribution in [3.8, 4) is 0 Å². The molecule has 4 rings (SSSR count). The fraction of sp³-hybridized carbons (Fsp3) is 0.444. The summed E-state index contributed by atoms with van der Waals surface area (Å²) in [6.07, 6.45) is -2.26. The third-order valence-electron chi connectivity index (χ3n) is 4.75. The average molecular weight is 427 g/mol. The Hall–Kier alpha value is -1.94. The van der Waals surface area contributed by atoms with E-state index in [4.69, 9.17) is 0 Å². The second-order valence-electron chi connectivity index (χ2n) is 6.85. The van der Waals surface area contributed by atoms with Crippen LogP contribution in [0.1, 0.15) is 45.3 Å². The maximum absolute atomic E-state index is 12.6. The number of benzene rings is 1. The van der Waals surface area contributed by atoms with E-state index in [9.17, 15) is 22.8 Å². The lowest BCUT2D eigenvalue weighted by molar-refractivity contribution is -0.186. The van der Waals surface area contributed by atoms with Gasteiger partial charge in [-0.15, -0.1) is 10.2 Å². The molecule has 1 amide bonds. The molecule has 0 bridgehead atoms. The van der Waals surface area contributed by atoms with Gasteiger partial charge in [0.25, 0.3) is 0 Å². The number of fused-ring (bicyclic) bond motifs is 1. The minimum Gasteiger partial charge on any atom is -0.330 e. The van der Waals surface area contributed by atoms with Crippen LogP contribution < -0.4 is 0 Å². The second-order valence-corrected chi connectivity index (χ2v) is 9.08. The normalized spacial score (nSPS) is 16.8. The van der Waals surface area contributed by atoms with Gasteiger partial charge in [-0.25, -0.2) is 0 Å². The fourth-order valence-corrected chi connectivity index (χ4v) is 5.00. The monoisotopic (exact) mass is 427 g/mol. The number of alkyl halides is 3. The lowest BCUT2D eigenvalue weighted by Crippen LogP contribution is -2.43. The number of thioether (sulfide) groups is 1. The molecule has 1 saturated carbocycles. The van der Waals surface area contributed by atoms with Gasteiger partial charge >= 0.3 is 12.1 Å². The van der Waals surface area contributed by atoms with E-state index in [1.807, 2.05) is 0 Å². The van der Waals surface area contributed by atoms with Crippen LogP contribution in [-0.2, 0) is 17.8 Å². The molecule has 2 aromatic rings. The summed E-state index contributed by atoms with van der Waals surface area (Å²) in [7, 11) is 0. The Balaban J connectivity index is 1.38. The summed E-state index contributed by atoms with van der Waals surface area (Å²) in [5, 5.41) is 9.29. The molecule has 1 aliphatic carbocycles. The van der Waals surface area contributed by atoms with Gasteiger partial charge in [-0.1, -0.05) is 35.2 Å². The maximum atomic E-state index is 12.6. The molecule has 28 heavy (non-hydrogen) atoms. The molecule has 1 aliphatic heterocycles. The molecule has 0 atom stereocenters. The molecular formula is C18H16F3N3O2S2. The minimum atomic E-state index is -4.87. The van der Waals surface area contributed by atoms with Crippen molar-refractivity contribution in [2.75, 3.05) is 12.3 Å². The van der Waals surface area contributed by atoms with E-state index < -0.39 is 12.1 Å². The maximum Gasteiger partial charge on any atom is 0.471 e. The Morgan fingerprint density at radius 3 is 2.71 bits per heavy atom. The molecule has 0 N–H and O–H groups in total. The molecule has 0 radical (unpaired) electrons. The molecule has 2 aliphatic rings. The van der Waals surface area contributed by atoms with E-state index in [0.717, 1.165) is 32.7 Å². The van der Waals surface area contributed by atoms with Crippen LogP contribution in [0.3, 0.4) is 0 Å². The average Bonchev–Trinajstić information content (AvgIpc) is 3.42. The lowest BCUT2D eigenvalue weighted by atomic mass is 9.96. The van der Waals surface area contributed by atoms with E-state index >= 15 is 0 Å². The van der Waals surface area contributed by atoms with E-state index in [-0.39, 0.29) is 24.6 Å². The summed E-state index contributed by atoms with van der Waals surface area (Å²) in [5.74, 6) is -1.12. The standard InChI is InChI=1S/C18H16F3N3O2S2/c19-18(20,21)16(26)24-6-5-11-7-12(3-4-13(11)8-24)14(25)9-27-17-23-22-15(28-17)10-1-2-10/h3-4,7,10H,1-2,5-6,8-9H2. The molecule has 0 saturated heterocycles. The summed E-state index contributed by atoms with van der Waals surface area (Å²) in [6, 6.07) is 4.97. The number of halogens is 3. The quantitative estimate of drug-likeness (QED) is 0.536. The number of Topliss-reactive ketones (excluding diaryl/α,β-unsaturated/α-hetero) is 1. The van der Waals surface area contributed by atoms with Crippen molar-refractivity contribution < 1.29 is 22.8 Å². The van der Waals surface area contributed by atoms with Gasteiger partial charge in [-0.05, 0) is 36.5 Å². The van der Waals surface area contributed by atoms with Crippen LogP contribution in [0.2, 0.25) is 0 Å². The van der Waals surface area contributed by atoms with Crippen molar-refractivity contribution >= 4 is 34.8 Å². The first-order valence-electron chi connectivity index (χ1n) is 8.78. The summed E-state index contributed by atoms with van der Waals surface area (Å²) in [6.45, 7) is -0.0991. The van der Waals surface area contributed by atoms with Crippen LogP contribution >= 0.6 is 23.1 Å². The molecule has 148 valence electrons. The fourth-order valence-electron chi connectivity index (χ4n) is 3.06. The zero-order valence-corrected chi connectivity index (χ0v) is 16.3. The predicted molar refractivity (Wildman–Crippen MR) is 98.6 cm³/mol. The smallest absolute Gasteiger partial charge is 0.330 e. The predicted octanol–water partition coefficient (Wildman–Crippen LogP) is 3.84. The number of ketones is 1. The number of nitrogens with zero attached hydrogens (tertiary/aromatic N) is 3. The molecular weight excluding hydrogens is 411 g/mol. The summed E-state index contributed by atoms with van der Waals surface area (Å²) in [4.78, 5) is 24.7. The first kappa shape index (κ1) is 19.4. The van der Waals surface area contributed by atoms with Crippen LogP contribution in [0.15, 0.2) is 22.5 Å². The molecule has 0 unspecified atom stereocenters. The number of hydrogen-bond acceptors (Lipinski definition) is 6. The molecule has 0 spiro atoms. The number of hydrogen-bond donors (Lipinski definition) is 0. The lowest BCUT2D eigenvalue weighted by Gasteiger charge is -2.29. The first-order chi connectivity index (χ1) is 13.3. The van der Waals surface area contributed by atoms with Gasteiger partial charge in [-0.2, -0.15) is 13.2 Å². The molecule has 2 heterocycles. The molecule has 10 heteroatoms. The number of amides is 1. The number of carbonyl (C=O) groups excluding carboxylic acids is 2. The van der Waals surface area contributed by atoms with Crippen molar-refractivity contribution in [2.24, 2.45) is 0 Å². The summed E-state index contributed by atoms with van der Waals surface area (Å²) in [5.41, 5.74) is 1.98. The molecule has 1 aromatic carbocycles.